The molecule has 1 aromatic heterocycles. The van der Waals surface area contributed by atoms with E-state index in [0.717, 1.165) is 44.1 Å². The summed E-state index contributed by atoms with van der Waals surface area (Å²) in [5, 5.41) is 0.677. The van der Waals surface area contributed by atoms with Crippen LogP contribution in [-0.2, 0) is 11.3 Å². The predicted molar refractivity (Wildman–Crippen MR) is 64.4 cm³/mol. The lowest BCUT2D eigenvalue weighted by molar-refractivity contribution is 0.0337. The van der Waals surface area contributed by atoms with Gasteiger partial charge in [0.2, 0.25) is 0 Å². The third-order valence-electron chi connectivity index (χ3n) is 3.16. The van der Waals surface area contributed by atoms with Crippen LogP contribution in [0.15, 0.2) is 24.3 Å². The lowest BCUT2D eigenvalue weighted by atomic mass is 10.2. The number of nitrogens with one attached hydrogen (secondary N) is 1. The quantitative estimate of drug-likeness (QED) is 0.862. The summed E-state index contributed by atoms with van der Waals surface area (Å²) in [4.78, 5) is 5.57. The fourth-order valence-corrected chi connectivity index (χ4v) is 2.26. The molecule has 90 valence electrons. The van der Waals surface area contributed by atoms with Crippen LogP contribution in [0.4, 0.5) is 4.39 Å². The summed E-state index contributed by atoms with van der Waals surface area (Å²) < 4.78 is 18.8. The molecule has 1 N–H and O–H groups in total. The number of ether oxygens (including phenoxy) is 1. The second kappa shape index (κ2) is 4.47. The van der Waals surface area contributed by atoms with E-state index in [-0.39, 0.29) is 5.82 Å². The Morgan fingerprint density at radius 2 is 2.12 bits per heavy atom. The summed E-state index contributed by atoms with van der Waals surface area (Å²) in [6, 6.07) is 7.03. The van der Waals surface area contributed by atoms with E-state index in [9.17, 15) is 4.39 Å². The summed E-state index contributed by atoms with van der Waals surface area (Å²) in [5.41, 5.74) is 1.93. The van der Waals surface area contributed by atoms with Gasteiger partial charge in [0.25, 0.3) is 0 Å². The number of nitrogens with zero attached hydrogens (tertiary/aromatic N) is 1. The van der Waals surface area contributed by atoms with Gasteiger partial charge in [0.05, 0.1) is 13.2 Å². The van der Waals surface area contributed by atoms with Crippen LogP contribution in [-0.4, -0.2) is 36.2 Å². The third kappa shape index (κ3) is 2.18. The molecule has 1 aromatic carbocycles. The molecule has 1 aliphatic heterocycles. The van der Waals surface area contributed by atoms with Crippen LogP contribution in [0.5, 0.6) is 0 Å². The van der Waals surface area contributed by atoms with Crippen molar-refractivity contribution in [3.05, 3.63) is 35.8 Å². The average Bonchev–Trinajstić information content (AvgIpc) is 2.74. The molecule has 0 aliphatic carbocycles. The van der Waals surface area contributed by atoms with Crippen molar-refractivity contribution in [2.24, 2.45) is 0 Å². The van der Waals surface area contributed by atoms with Gasteiger partial charge in [0.1, 0.15) is 5.82 Å². The number of fused-ring (bicyclic) bond motifs is 1. The summed E-state index contributed by atoms with van der Waals surface area (Å²) in [7, 11) is 0. The first-order valence-electron chi connectivity index (χ1n) is 5.89. The molecule has 0 saturated carbocycles. The molecule has 0 bridgehead atoms. The van der Waals surface area contributed by atoms with Crippen LogP contribution < -0.4 is 0 Å². The molecule has 0 atom stereocenters. The fourth-order valence-electron chi connectivity index (χ4n) is 2.26. The monoisotopic (exact) mass is 234 g/mol. The lowest BCUT2D eigenvalue weighted by Crippen LogP contribution is -2.35. The van der Waals surface area contributed by atoms with Crippen molar-refractivity contribution in [2.45, 2.75) is 6.54 Å². The van der Waals surface area contributed by atoms with Gasteiger partial charge >= 0.3 is 0 Å². The van der Waals surface area contributed by atoms with E-state index >= 15 is 0 Å². The molecule has 1 fully saturated rings. The molecule has 0 amide bonds. The highest BCUT2D eigenvalue weighted by Crippen LogP contribution is 2.19. The Balaban J connectivity index is 1.83. The molecule has 3 rings (SSSR count). The zero-order valence-corrected chi connectivity index (χ0v) is 9.58. The zero-order chi connectivity index (χ0) is 11.7. The molecule has 0 radical (unpaired) electrons. The van der Waals surface area contributed by atoms with E-state index in [1.807, 2.05) is 12.1 Å². The number of hydrogen-bond donors (Lipinski definition) is 1. The summed E-state index contributed by atoms with van der Waals surface area (Å²) in [6.45, 7) is 4.29. The van der Waals surface area contributed by atoms with Crippen molar-refractivity contribution in [1.29, 1.82) is 0 Å². The molecule has 2 aromatic rings. The second-order valence-electron chi connectivity index (χ2n) is 4.38. The molecular formula is C13H15FN2O. The maximum atomic E-state index is 13.5. The second-order valence-corrected chi connectivity index (χ2v) is 4.38. The number of aromatic amines is 1. The van der Waals surface area contributed by atoms with Crippen LogP contribution >= 0.6 is 0 Å². The summed E-state index contributed by atoms with van der Waals surface area (Å²) >= 11 is 0. The molecular weight excluding hydrogens is 219 g/mol. The number of aromatic nitrogens is 1. The lowest BCUT2D eigenvalue weighted by Gasteiger charge is -2.25. The molecule has 3 nitrogen and oxygen atoms in total. The molecule has 4 heteroatoms. The zero-order valence-electron chi connectivity index (χ0n) is 9.58. The summed E-state index contributed by atoms with van der Waals surface area (Å²) in [6.07, 6.45) is 0. The van der Waals surface area contributed by atoms with Gasteiger partial charge in [0.15, 0.2) is 0 Å². The van der Waals surface area contributed by atoms with Gasteiger partial charge in [-0.25, -0.2) is 4.39 Å². The average molecular weight is 234 g/mol. The fraction of sp³-hybridized carbons (Fsp3) is 0.385. The van der Waals surface area contributed by atoms with Gasteiger partial charge in [-0.05, 0) is 18.2 Å². The van der Waals surface area contributed by atoms with E-state index in [2.05, 4.69) is 9.88 Å². The number of benzene rings is 1. The number of H-pyrrole nitrogens is 1. The van der Waals surface area contributed by atoms with Crippen molar-refractivity contribution in [3.8, 4) is 0 Å². The Labute approximate surface area is 99.2 Å². The van der Waals surface area contributed by atoms with Gasteiger partial charge in [-0.3, -0.25) is 4.90 Å². The van der Waals surface area contributed by atoms with Gasteiger partial charge < -0.3 is 9.72 Å². The molecule has 0 unspecified atom stereocenters. The first-order chi connectivity index (χ1) is 8.33. The van der Waals surface area contributed by atoms with Gasteiger partial charge in [-0.2, -0.15) is 0 Å². The van der Waals surface area contributed by atoms with Gasteiger partial charge in [0, 0.05) is 36.2 Å². The number of hydrogen-bond acceptors (Lipinski definition) is 2. The highest BCUT2D eigenvalue weighted by molar-refractivity contribution is 5.80. The Morgan fingerprint density at radius 3 is 2.88 bits per heavy atom. The van der Waals surface area contributed by atoms with E-state index in [0.29, 0.717) is 5.39 Å². The third-order valence-corrected chi connectivity index (χ3v) is 3.16. The SMILES string of the molecule is Fc1cccc2[nH]c(CN3CCOCC3)cc12. The largest absolute Gasteiger partial charge is 0.379 e. The topological polar surface area (TPSA) is 28.3 Å². The number of rotatable bonds is 2. The van der Waals surface area contributed by atoms with Crippen LogP contribution in [0.3, 0.4) is 0 Å². The van der Waals surface area contributed by atoms with Crippen molar-refractivity contribution in [2.75, 3.05) is 26.3 Å². The Hall–Kier alpha value is -1.39. The minimum atomic E-state index is -0.160. The van der Waals surface area contributed by atoms with Gasteiger partial charge in [-0.1, -0.05) is 6.07 Å². The molecule has 2 heterocycles. The normalized spacial score (nSPS) is 17.7. The highest BCUT2D eigenvalue weighted by Gasteiger charge is 2.12. The van der Waals surface area contributed by atoms with Crippen molar-refractivity contribution < 1.29 is 9.13 Å². The minimum absolute atomic E-state index is 0.160. The first-order valence-corrected chi connectivity index (χ1v) is 5.89. The van der Waals surface area contributed by atoms with E-state index in [1.165, 1.54) is 6.07 Å². The van der Waals surface area contributed by atoms with E-state index < -0.39 is 0 Å². The van der Waals surface area contributed by atoms with Crippen LogP contribution in [0.1, 0.15) is 5.69 Å². The van der Waals surface area contributed by atoms with Crippen LogP contribution in [0, 0.1) is 5.82 Å². The first kappa shape index (κ1) is 10.7. The predicted octanol–water partition coefficient (Wildman–Crippen LogP) is 2.14. The molecule has 1 aliphatic rings. The smallest absolute Gasteiger partial charge is 0.132 e. The molecule has 0 spiro atoms. The van der Waals surface area contributed by atoms with Gasteiger partial charge in [-0.15, -0.1) is 0 Å². The number of morpholine rings is 1. The maximum absolute atomic E-state index is 13.5. The van der Waals surface area contributed by atoms with Crippen molar-refractivity contribution >= 4 is 10.9 Å². The van der Waals surface area contributed by atoms with Crippen molar-refractivity contribution in [1.82, 2.24) is 9.88 Å². The standard InChI is InChI=1S/C13H15FN2O/c14-12-2-1-3-13-11(12)8-10(15-13)9-16-4-6-17-7-5-16/h1-3,8,15H,4-7,9H2. The van der Waals surface area contributed by atoms with E-state index in [1.54, 1.807) is 6.07 Å². The number of halogens is 1. The highest BCUT2D eigenvalue weighted by atomic mass is 19.1. The molecule has 17 heavy (non-hydrogen) atoms. The Bertz CT molecular complexity index is 517. The van der Waals surface area contributed by atoms with Crippen molar-refractivity contribution in [3.63, 3.8) is 0 Å². The molecule has 1 saturated heterocycles. The van der Waals surface area contributed by atoms with Crippen LogP contribution in [0.2, 0.25) is 0 Å². The minimum Gasteiger partial charge on any atom is -0.379 e. The Morgan fingerprint density at radius 1 is 1.29 bits per heavy atom. The summed E-state index contributed by atoms with van der Waals surface area (Å²) in [5.74, 6) is -0.160. The maximum Gasteiger partial charge on any atom is 0.132 e. The van der Waals surface area contributed by atoms with E-state index in [4.69, 9.17) is 4.74 Å². The Kier molecular flexibility index (Phi) is 2.82. The van der Waals surface area contributed by atoms with Crippen LogP contribution in [0.25, 0.3) is 10.9 Å².